The van der Waals surface area contributed by atoms with E-state index in [-0.39, 0.29) is 12.0 Å². The predicted octanol–water partition coefficient (Wildman–Crippen LogP) is 4.23. The standard InChI is InChI=1S/C22H25FN4O/c1-5-16-8-7-9-17(14-16)22-25-21(24-6-2)20(15(3)26(4)28)27(22)19-12-10-18(23)11-13-19/h6-14,22,24-25,28H,2-3,5H2,1,4H3. The van der Waals surface area contributed by atoms with Gasteiger partial charge in [0.15, 0.2) is 0 Å². The third-order valence-electron chi connectivity index (χ3n) is 4.71. The molecule has 146 valence electrons. The van der Waals surface area contributed by atoms with Crippen molar-refractivity contribution in [1.29, 1.82) is 0 Å². The number of aryl methyl sites for hydroxylation is 1. The van der Waals surface area contributed by atoms with E-state index < -0.39 is 0 Å². The fourth-order valence-corrected chi connectivity index (χ4v) is 3.26. The van der Waals surface area contributed by atoms with Gasteiger partial charge in [-0.25, -0.2) is 4.39 Å². The summed E-state index contributed by atoms with van der Waals surface area (Å²) in [6, 6.07) is 14.5. The minimum absolute atomic E-state index is 0.272. The van der Waals surface area contributed by atoms with Crippen molar-refractivity contribution in [2.24, 2.45) is 0 Å². The summed E-state index contributed by atoms with van der Waals surface area (Å²) in [5, 5.41) is 17.5. The zero-order valence-corrected chi connectivity index (χ0v) is 16.1. The third-order valence-corrected chi connectivity index (χ3v) is 4.71. The molecule has 0 saturated carbocycles. The molecule has 0 saturated heterocycles. The largest absolute Gasteiger partial charge is 0.347 e. The van der Waals surface area contributed by atoms with Gasteiger partial charge in [-0.05, 0) is 48.0 Å². The molecule has 5 nitrogen and oxygen atoms in total. The zero-order chi connectivity index (χ0) is 20.3. The molecule has 0 aromatic heterocycles. The topological polar surface area (TPSA) is 50.8 Å². The molecule has 1 aliphatic rings. The van der Waals surface area contributed by atoms with E-state index in [4.69, 9.17) is 0 Å². The molecule has 1 unspecified atom stereocenters. The molecule has 1 heterocycles. The van der Waals surface area contributed by atoms with Gasteiger partial charge >= 0.3 is 0 Å². The Balaban J connectivity index is 2.15. The van der Waals surface area contributed by atoms with E-state index >= 15 is 0 Å². The summed E-state index contributed by atoms with van der Waals surface area (Å²) in [5.74, 6) is 0.339. The van der Waals surface area contributed by atoms with Gasteiger partial charge in [-0.3, -0.25) is 10.3 Å². The summed E-state index contributed by atoms with van der Waals surface area (Å²) in [7, 11) is 1.51. The van der Waals surface area contributed by atoms with Gasteiger partial charge in [0.25, 0.3) is 0 Å². The Morgan fingerprint density at radius 3 is 2.64 bits per heavy atom. The van der Waals surface area contributed by atoms with Crippen LogP contribution in [0.2, 0.25) is 0 Å². The second kappa shape index (κ2) is 8.19. The number of hydroxylamine groups is 2. The number of hydrogen-bond acceptors (Lipinski definition) is 5. The van der Waals surface area contributed by atoms with Crippen LogP contribution < -0.4 is 15.5 Å². The molecule has 0 bridgehead atoms. The highest BCUT2D eigenvalue weighted by atomic mass is 19.1. The summed E-state index contributed by atoms with van der Waals surface area (Å²) in [6.07, 6.45) is 2.20. The van der Waals surface area contributed by atoms with Crippen molar-refractivity contribution in [3.63, 3.8) is 0 Å². The number of anilines is 1. The normalized spacial score (nSPS) is 16.0. The van der Waals surface area contributed by atoms with E-state index in [0.717, 1.165) is 22.7 Å². The van der Waals surface area contributed by atoms with Crippen molar-refractivity contribution in [3.05, 3.63) is 102 Å². The molecule has 2 aromatic carbocycles. The molecule has 1 aliphatic heterocycles. The van der Waals surface area contributed by atoms with Crippen molar-refractivity contribution in [1.82, 2.24) is 15.7 Å². The summed E-state index contributed by atoms with van der Waals surface area (Å²) < 4.78 is 13.5. The molecular weight excluding hydrogens is 355 g/mol. The molecule has 1 atom stereocenters. The van der Waals surface area contributed by atoms with E-state index in [9.17, 15) is 9.60 Å². The second-order valence-corrected chi connectivity index (χ2v) is 6.53. The molecule has 3 rings (SSSR count). The van der Waals surface area contributed by atoms with Crippen LogP contribution in [0.1, 0.15) is 24.2 Å². The Morgan fingerprint density at radius 2 is 2.04 bits per heavy atom. The molecule has 2 aromatic rings. The molecule has 0 radical (unpaired) electrons. The van der Waals surface area contributed by atoms with Gasteiger partial charge in [0.05, 0.1) is 5.70 Å². The first-order chi connectivity index (χ1) is 13.5. The number of benzene rings is 2. The quantitative estimate of drug-likeness (QED) is 0.628. The average Bonchev–Trinajstić information content (AvgIpc) is 3.07. The fraction of sp³-hybridized carbons (Fsp3) is 0.182. The lowest BCUT2D eigenvalue weighted by Gasteiger charge is -2.31. The number of nitrogens with zero attached hydrogens (tertiary/aromatic N) is 2. The lowest BCUT2D eigenvalue weighted by Crippen LogP contribution is -2.31. The highest BCUT2D eigenvalue weighted by Gasteiger charge is 2.35. The van der Waals surface area contributed by atoms with Crippen LogP contribution in [0.5, 0.6) is 0 Å². The highest BCUT2D eigenvalue weighted by molar-refractivity contribution is 5.62. The van der Waals surface area contributed by atoms with Crippen molar-refractivity contribution in [2.75, 3.05) is 11.9 Å². The second-order valence-electron chi connectivity index (χ2n) is 6.53. The third kappa shape index (κ3) is 3.73. The van der Waals surface area contributed by atoms with E-state index in [1.807, 2.05) is 17.0 Å². The van der Waals surface area contributed by atoms with E-state index in [2.05, 4.69) is 42.8 Å². The van der Waals surface area contributed by atoms with Gasteiger partial charge in [-0.15, -0.1) is 0 Å². The Labute approximate surface area is 165 Å². The maximum Gasteiger partial charge on any atom is 0.131 e. The van der Waals surface area contributed by atoms with Gasteiger partial charge in [-0.2, -0.15) is 0 Å². The van der Waals surface area contributed by atoms with E-state index in [1.165, 1.54) is 24.7 Å². The van der Waals surface area contributed by atoms with Crippen LogP contribution in [-0.4, -0.2) is 17.3 Å². The first-order valence-corrected chi connectivity index (χ1v) is 9.10. The van der Waals surface area contributed by atoms with E-state index in [0.29, 0.717) is 17.2 Å². The van der Waals surface area contributed by atoms with Crippen LogP contribution in [0.15, 0.2) is 85.1 Å². The summed E-state index contributed by atoms with van der Waals surface area (Å²) in [6.45, 7) is 9.86. The first kappa shape index (κ1) is 19.5. The summed E-state index contributed by atoms with van der Waals surface area (Å²) >= 11 is 0. The fourth-order valence-electron chi connectivity index (χ4n) is 3.26. The molecule has 28 heavy (non-hydrogen) atoms. The van der Waals surface area contributed by atoms with Crippen LogP contribution in [0.3, 0.4) is 0 Å². The average molecular weight is 380 g/mol. The van der Waals surface area contributed by atoms with Gasteiger partial charge < -0.3 is 15.5 Å². The van der Waals surface area contributed by atoms with Crippen LogP contribution >= 0.6 is 0 Å². The monoisotopic (exact) mass is 380 g/mol. The van der Waals surface area contributed by atoms with Crippen molar-refractivity contribution in [3.8, 4) is 0 Å². The van der Waals surface area contributed by atoms with Gasteiger partial charge in [0, 0.05) is 12.7 Å². The minimum Gasteiger partial charge on any atom is -0.347 e. The number of nitrogens with one attached hydrogen (secondary N) is 2. The number of hydrogen-bond donors (Lipinski definition) is 3. The predicted molar refractivity (Wildman–Crippen MR) is 110 cm³/mol. The minimum atomic E-state index is -0.312. The number of halogens is 1. The van der Waals surface area contributed by atoms with Gasteiger partial charge in [0.1, 0.15) is 23.5 Å². The van der Waals surface area contributed by atoms with Gasteiger partial charge in [-0.1, -0.05) is 44.3 Å². The summed E-state index contributed by atoms with van der Waals surface area (Å²) in [4.78, 5) is 1.98. The Bertz CT molecular complexity index is 905. The van der Waals surface area contributed by atoms with Crippen LogP contribution in [0.25, 0.3) is 0 Å². The van der Waals surface area contributed by atoms with Gasteiger partial charge in [0.2, 0.25) is 0 Å². The maximum atomic E-state index is 13.5. The molecular formula is C22H25FN4O. The molecule has 0 amide bonds. The summed E-state index contributed by atoms with van der Waals surface area (Å²) in [5.41, 5.74) is 4.04. The van der Waals surface area contributed by atoms with Crippen LogP contribution in [0.4, 0.5) is 10.1 Å². The smallest absolute Gasteiger partial charge is 0.131 e. The Morgan fingerprint density at radius 1 is 1.32 bits per heavy atom. The van der Waals surface area contributed by atoms with Crippen LogP contribution in [0, 0.1) is 5.82 Å². The molecule has 0 spiro atoms. The van der Waals surface area contributed by atoms with Crippen molar-refractivity contribution < 1.29 is 9.60 Å². The molecule has 0 fully saturated rings. The lowest BCUT2D eigenvalue weighted by atomic mass is 10.1. The first-order valence-electron chi connectivity index (χ1n) is 9.10. The molecule has 6 heteroatoms. The highest BCUT2D eigenvalue weighted by Crippen LogP contribution is 2.38. The molecule has 0 aliphatic carbocycles. The maximum absolute atomic E-state index is 13.5. The van der Waals surface area contributed by atoms with E-state index in [1.54, 1.807) is 18.3 Å². The number of rotatable bonds is 7. The lowest BCUT2D eigenvalue weighted by molar-refractivity contribution is -0.0250. The van der Waals surface area contributed by atoms with Crippen molar-refractivity contribution in [2.45, 2.75) is 19.5 Å². The van der Waals surface area contributed by atoms with Crippen molar-refractivity contribution >= 4 is 5.69 Å². The zero-order valence-electron chi connectivity index (χ0n) is 16.1. The Hall–Kier alpha value is -3.25. The number of likely N-dealkylation sites (N-methyl/N-ethyl adjacent to an activating group) is 1. The SMILES string of the molecule is C=CNC1=C(C(=C)N(C)O)N(c2ccc(F)cc2)C(c2cccc(CC)c2)N1. The van der Waals surface area contributed by atoms with Crippen LogP contribution in [-0.2, 0) is 6.42 Å². The molecule has 3 N–H and O–H groups in total. The Kier molecular flexibility index (Phi) is 5.70.